The van der Waals surface area contributed by atoms with Gasteiger partial charge in [-0.2, -0.15) is 13.2 Å². The highest BCUT2D eigenvalue weighted by atomic mass is 19.4. The lowest BCUT2D eigenvalue weighted by Crippen LogP contribution is -2.69. The van der Waals surface area contributed by atoms with Crippen LogP contribution in [0.5, 0.6) is 0 Å². The first-order valence-corrected chi connectivity index (χ1v) is 8.33. The molecule has 5 nitrogen and oxygen atoms in total. The molecular formula is C18H25F3N2O3. The first-order valence-electron chi connectivity index (χ1n) is 8.33. The standard InChI is InChI=1S/C18H25F3N2O3/c1-6-26-16(25)17(18(19,20)21,23-15(24)9-11(2)3)22-14-8-7-12(4)10-13(14)5/h7-8,10-11,22H,6,9H2,1-5H3,(H,23,24)/t17-/m1/s1. The van der Waals surface area contributed by atoms with Crippen molar-refractivity contribution in [3.8, 4) is 0 Å². The van der Waals surface area contributed by atoms with E-state index in [0.717, 1.165) is 5.56 Å². The Labute approximate surface area is 151 Å². The number of halogens is 3. The van der Waals surface area contributed by atoms with Gasteiger partial charge in [0.15, 0.2) is 0 Å². The maximum Gasteiger partial charge on any atom is 0.441 e. The third kappa shape index (κ3) is 5.12. The lowest BCUT2D eigenvalue weighted by atomic mass is 10.0. The van der Waals surface area contributed by atoms with E-state index in [2.05, 4.69) is 10.1 Å². The molecule has 1 atom stereocenters. The average Bonchev–Trinajstić information content (AvgIpc) is 2.47. The van der Waals surface area contributed by atoms with E-state index in [4.69, 9.17) is 0 Å². The van der Waals surface area contributed by atoms with Gasteiger partial charge in [-0.25, -0.2) is 4.79 Å². The van der Waals surface area contributed by atoms with Crippen LogP contribution in [0.3, 0.4) is 0 Å². The fraction of sp³-hybridized carbons (Fsp3) is 0.556. The molecule has 2 N–H and O–H groups in total. The van der Waals surface area contributed by atoms with Crippen LogP contribution in [0.4, 0.5) is 18.9 Å². The number of amides is 1. The number of benzene rings is 1. The molecular weight excluding hydrogens is 349 g/mol. The molecule has 0 spiro atoms. The van der Waals surface area contributed by atoms with Gasteiger partial charge in [-0.3, -0.25) is 4.79 Å². The van der Waals surface area contributed by atoms with Crippen LogP contribution in [0.1, 0.15) is 38.3 Å². The van der Waals surface area contributed by atoms with Gasteiger partial charge in [-0.1, -0.05) is 31.5 Å². The fourth-order valence-electron chi connectivity index (χ4n) is 2.42. The second-order valence-electron chi connectivity index (χ2n) is 6.56. The van der Waals surface area contributed by atoms with Gasteiger partial charge in [0.25, 0.3) is 0 Å². The van der Waals surface area contributed by atoms with Crippen LogP contribution in [0, 0.1) is 19.8 Å². The zero-order valence-corrected chi connectivity index (χ0v) is 15.6. The molecule has 1 aromatic carbocycles. The Morgan fingerprint density at radius 2 is 1.81 bits per heavy atom. The molecule has 26 heavy (non-hydrogen) atoms. The van der Waals surface area contributed by atoms with Gasteiger partial charge in [0.05, 0.1) is 6.61 Å². The molecule has 0 saturated carbocycles. The van der Waals surface area contributed by atoms with Crippen LogP contribution in [-0.2, 0) is 14.3 Å². The van der Waals surface area contributed by atoms with Crippen molar-refractivity contribution in [2.45, 2.75) is 52.9 Å². The van der Waals surface area contributed by atoms with E-state index >= 15 is 0 Å². The molecule has 1 aromatic rings. The predicted octanol–water partition coefficient (Wildman–Crippen LogP) is 3.70. The molecule has 0 aliphatic rings. The third-order valence-corrected chi connectivity index (χ3v) is 3.63. The fourth-order valence-corrected chi connectivity index (χ4v) is 2.42. The number of carbonyl (C=O) groups is 2. The number of esters is 1. The zero-order valence-electron chi connectivity index (χ0n) is 15.6. The molecule has 0 heterocycles. The van der Waals surface area contributed by atoms with Gasteiger partial charge in [0.1, 0.15) is 0 Å². The first kappa shape index (κ1) is 21.8. The summed E-state index contributed by atoms with van der Waals surface area (Å²) in [6.45, 7) is 7.92. The lowest BCUT2D eigenvalue weighted by molar-refractivity contribution is -0.208. The maximum absolute atomic E-state index is 14.0. The smallest absolute Gasteiger partial charge is 0.441 e. The van der Waals surface area contributed by atoms with Crippen molar-refractivity contribution >= 4 is 17.6 Å². The summed E-state index contributed by atoms with van der Waals surface area (Å²) in [4.78, 5) is 24.4. The van der Waals surface area contributed by atoms with Crippen molar-refractivity contribution < 1.29 is 27.5 Å². The summed E-state index contributed by atoms with van der Waals surface area (Å²) in [7, 11) is 0. The van der Waals surface area contributed by atoms with Crippen molar-refractivity contribution in [2.24, 2.45) is 5.92 Å². The van der Waals surface area contributed by atoms with Gasteiger partial charge in [0, 0.05) is 12.1 Å². The van der Waals surface area contributed by atoms with E-state index in [-0.39, 0.29) is 24.6 Å². The largest absolute Gasteiger partial charge is 0.463 e. The van der Waals surface area contributed by atoms with E-state index in [1.54, 1.807) is 39.8 Å². The first-order chi connectivity index (χ1) is 11.9. The normalized spacial score (nSPS) is 13.9. The highest BCUT2D eigenvalue weighted by molar-refractivity contribution is 5.91. The average molecular weight is 374 g/mol. The number of rotatable bonds is 7. The number of hydrogen-bond acceptors (Lipinski definition) is 4. The Morgan fingerprint density at radius 3 is 2.27 bits per heavy atom. The van der Waals surface area contributed by atoms with Crippen LogP contribution in [-0.4, -0.2) is 30.3 Å². The highest BCUT2D eigenvalue weighted by Gasteiger charge is 2.63. The third-order valence-electron chi connectivity index (χ3n) is 3.63. The van der Waals surface area contributed by atoms with Crippen LogP contribution in [0.15, 0.2) is 18.2 Å². The minimum absolute atomic E-state index is 0.0748. The molecule has 0 bridgehead atoms. The van der Waals surface area contributed by atoms with Gasteiger partial charge in [0.2, 0.25) is 5.91 Å². The van der Waals surface area contributed by atoms with E-state index < -0.39 is 23.7 Å². The SMILES string of the molecule is CCOC(=O)[C@](NC(=O)CC(C)C)(Nc1ccc(C)cc1C)C(F)(F)F. The highest BCUT2D eigenvalue weighted by Crippen LogP contribution is 2.34. The van der Waals surface area contributed by atoms with E-state index in [9.17, 15) is 22.8 Å². The van der Waals surface area contributed by atoms with Crippen molar-refractivity contribution in [2.75, 3.05) is 11.9 Å². The van der Waals surface area contributed by atoms with Crippen LogP contribution in [0.2, 0.25) is 0 Å². The van der Waals surface area contributed by atoms with E-state index in [1.807, 2.05) is 5.32 Å². The van der Waals surface area contributed by atoms with Crippen molar-refractivity contribution in [3.63, 3.8) is 0 Å². The molecule has 0 aromatic heterocycles. The second-order valence-corrected chi connectivity index (χ2v) is 6.56. The topological polar surface area (TPSA) is 67.4 Å². The molecule has 0 unspecified atom stereocenters. The van der Waals surface area contributed by atoms with Gasteiger partial charge < -0.3 is 15.4 Å². The second kappa shape index (κ2) is 8.42. The van der Waals surface area contributed by atoms with Crippen LogP contribution in [0.25, 0.3) is 0 Å². The number of carbonyl (C=O) groups excluding carboxylic acids is 2. The molecule has 0 aliphatic heterocycles. The zero-order chi connectivity index (χ0) is 20.1. The summed E-state index contributed by atoms with van der Waals surface area (Å²) < 4.78 is 46.5. The summed E-state index contributed by atoms with van der Waals surface area (Å²) in [6.07, 6.45) is -5.28. The Morgan fingerprint density at radius 1 is 1.19 bits per heavy atom. The quantitative estimate of drug-likeness (QED) is 0.564. The molecule has 0 saturated heterocycles. The lowest BCUT2D eigenvalue weighted by Gasteiger charge is -2.36. The summed E-state index contributed by atoms with van der Waals surface area (Å²) >= 11 is 0. The van der Waals surface area contributed by atoms with Crippen LogP contribution < -0.4 is 10.6 Å². The maximum atomic E-state index is 14.0. The molecule has 0 fully saturated rings. The minimum Gasteiger partial charge on any atom is -0.463 e. The minimum atomic E-state index is -5.12. The number of ether oxygens (including phenoxy) is 1. The van der Waals surface area contributed by atoms with Crippen molar-refractivity contribution in [1.82, 2.24) is 5.32 Å². The molecule has 146 valence electrons. The number of hydrogen-bond donors (Lipinski definition) is 2. The van der Waals surface area contributed by atoms with E-state index in [0.29, 0.717) is 5.56 Å². The summed E-state index contributed by atoms with van der Waals surface area (Å²) in [5, 5.41) is 4.01. The van der Waals surface area contributed by atoms with Crippen molar-refractivity contribution in [3.05, 3.63) is 29.3 Å². The predicted molar refractivity (Wildman–Crippen MR) is 92.6 cm³/mol. The Kier molecular flexibility index (Phi) is 7.06. The molecule has 1 amide bonds. The summed E-state index contributed by atoms with van der Waals surface area (Å²) in [6, 6.07) is 4.71. The molecule has 0 radical (unpaired) electrons. The van der Waals surface area contributed by atoms with Gasteiger partial charge in [-0.15, -0.1) is 0 Å². The molecule has 1 rings (SSSR count). The van der Waals surface area contributed by atoms with Crippen LogP contribution >= 0.6 is 0 Å². The number of nitrogens with one attached hydrogen (secondary N) is 2. The Bertz CT molecular complexity index is 660. The van der Waals surface area contributed by atoms with Gasteiger partial charge >= 0.3 is 17.8 Å². The monoisotopic (exact) mass is 374 g/mol. The summed E-state index contributed by atoms with van der Waals surface area (Å²) in [5.74, 6) is -2.68. The number of alkyl halides is 3. The number of anilines is 1. The van der Waals surface area contributed by atoms with E-state index in [1.165, 1.54) is 13.0 Å². The molecule has 0 aliphatic carbocycles. The Balaban J connectivity index is 3.41. The Hall–Kier alpha value is -2.25. The van der Waals surface area contributed by atoms with Crippen molar-refractivity contribution in [1.29, 1.82) is 0 Å². The number of aryl methyl sites for hydroxylation is 2. The van der Waals surface area contributed by atoms with Gasteiger partial charge in [-0.05, 0) is 38.3 Å². The summed E-state index contributed by atoms with van der Waals surface area (Å²) in [5.41, 5.74) is -1.94. The molecule has 8 heteroatoms.